The van der Waals surface area contributed by atoms with E-state index in [1.807, 2.05) is 72.8 Å². The summed E-state index contributed by atoms with van der Waals surface area (Å²) in [6.07, 6.45) is 0. The van der Waals surface area contributed by atoms with Crippen molar-refractivity contribution in [3.05, 3.63) is 78.4 Å². The maximum Gasteiger partial charge on any atom is 0.231 e. The summed E-state index contributed by atoms with van der Waals surface area (Å²) in [4.78, 5) is 12.9. The minimum absolute atomic E-state index is 0.441. The highest BCUT2D eigenvalue weighted by Gasteiger charge is 2.13. The second kappa shape index (κ2) is 7.40. The Kier molecular flexibility index (Phi) is 4.44. The third-order valence-electron chi connectivity index (χ3n) is 4.91. The van der Waals surface area contributed by atoms with Gasteiger partial charge in [-0.05, 0) is 48.5 Å². The molecule has 0 saturated carbocycles. The average molecular weight is 397 g/mol. The van der Waals surface area contributed by atoms with E-state index in [-0.39, 0.29) is 0 Å². The lowest BCUT2D eigenvalue weighted by atomic mass is 10.1. The number of hydrogen-bond acceptors (Lipinski definition) is 5. The topological polar surface area (TPSA) is 72.6 Å². The smallest absolute Gasteiger partial charge is 0.231 e. The molecule has 30 heavy (non-hydrogen) atoms. The van der Waals surface area contributed by atoms with Gasteiger partial charge in [0, 0.05) is 5.39 Å². The molecule has 148 valence electrons. The van der Waals surface area contributed by atoms with Crippen molar-refractivity contribution in [3.63, 3.8) is 0 Å². The van der Waals surface area contributed by atoms with Gasteiger partial charge in [-0.3, -0.25) is 0 Å². The molecule has 0 fully saturated rings. The molecule has 0 spiro atoms. The fraction of sp³-hybridized carbons (Fsp3) is 0.0833. The van der Waals surface area contributed by atoms with Gasteiger partial charge >= 0.3 is 0 Å². The van der Waals surface area contributed by atoms with Crippen molar-refractivity contribution in [2.24, 2.45) is 4.99 Å². The van der Waals surface area contributed by atoms with Crippen LogP contribution in [-0.2, 0) is 0 Å². The highest BCUT2D eigenvalue weighted by molar-refractivity contribution is 5.84. The number of methoxy groups -OCH3 is 2. The predicted octanol–water partition coefficient (Wildman–Crippen LogP) is 5.23. The number of ether oxygens (including phenoxy) is 2. The van der Waals surface area contributed by atoms with Crippen LogP contribution in [0.5, 0.6) is 11.5 Å². The Bertz CT molecular complexity index is 1400. The Balaban J connectivity index is 1.81. The lowest BCUT2D eigenvalue weighted by molar-refractivity contribution is 0.414. The number of nitrogens with one attached hydrogen (secondary N) is 1. The van der Waals surface area contributed by atoms with Crippen molar-refractivity contribution in [1.82, 2.24) is 9.97 Å². The van der Waals surface area contributed by atoms with Gasteiger partial charge < -0.3 is 18.9 Å². The van der Waals surface area contributed by atoms with E-state index in [2.05, 4.69) is 4.98 Å². The first kappa shape index (κ1) is 18.0. The standard InChI is InChI=1S/C24H19N3O3/c1-28-16-11-12-21-15(13-16)14-17(23-25-18-7-3-4-8-19(18)26-23)24(30-21)27-20-9-5-6-10-22(20)29-2/h3-14H,1-2H3,(H,25,26). The van der Waals surface area contributed by atoms with Gasteiger partial charge in [-0.25, -0.2) is 9.98 Å². The third kappa shape index (κ3) is 3.18. The Morgan fingerprint density at radius 3 is 2.57 bits per heavy atom. The molecule has 6 heteroatoms. The minimum atomic E-state index is 0.441. The number of H-pyrrole nitrogens is 1. The van der Waals surface area contributed by atoms with Crippen molar-refractivity contribution >= 4 is 27.7 Å². The molecule has 5 rings (SSSR count). The molecule has 0 bridgehead atoms. The number of aromatic amines is 1. The molecule has 0 unspecified atom stereocenters. The zero-order valence-electron chi connectivity index (χ0n) is 16.5. The van der Waals surface area contributed by atoms with Crippen LogP contribution in [0, 0.1) is 0 Å². The number of imidazole rings is 1. The second-order valence-corrected chi connectivity index (χ2v) is 6.76. The lowest BCUT2D eigenvalue weighted by Gasteiger charge is -2.06. The fourth-order valence-electron chi connectivity index (χ4n) is 3.40. The first-order valence-electron chi connectivity index (χ1n) is 9.50. The summed E-state index contributed by atoms with van der Waals surface area (Å²) in [5.41, 5.74) is 4.38. The number of para-hydroxylation sites is 4. The third-order valence-corrected chi connectivity index (χ3v) is 4.91. The van der Waals surface area contributed by atoms with Gasteiger partial charge in [0.05, 0.1) is 30.8 Å². The first-order valence-corrected chi connectivity index (χ1v) is 9.50. The Hall–Kier alpha value is -4.06. The normalized spacial score (nSPS) is 11.9. The van der Waals surface area contributed by atoms with Gasteiger partial charge in [-0.15, -0.1) is 0 Å². The van der Waals surface area contributed by atoms with Crippen molar-refractivity contribution in [3.8, 4) is 22.9 Å². The van der Waals surface area contributed by atoms with E-state index in [1.165, 1.54) is 0 Å². The molecule has 1 N–H and O–H groups in total. The molecule has 0 atom stereocenters. The molecule has 0 aliphatic rings. The molecule has 5 aromatic rings. The van der Waals surface area contributed by atoms with E-state index in [4.69, 9.17) is 23.9 Å². The summed E-state index contributed by atoms with van der Waals surface area (Å²) in [5.74, 6) is 2.10. The van der Waals surface area contributed by atoms with Gasteiger partial charge in [-0.2, -0.15) is 0 Å². The van der Waals surface area contributed by atoms with E-state index < -0.39 is 0 Å². The van der Waals surface area contributed by atoms with Crippen molar-refractivity contribution in [1.29, 1.82) is 0 Å². The van der Waals surface area contributed by atoms with Gasteiger partial charge in [0.2, 0.25) is 5.55 Å². The zero-order valence-corrected chi connectivity index (χ0v) is 16.5. The first-order chi connectivity index (χ1) is 14.7. The second-order valence-electron chi connectivity index (χ2n) is 6.76. The van der Waals surface area contributed by atoms with Crippen LogP contribution in [0.1, 0.15) is 0 Å². The molecule has 0 saturated heterocycles. The summed E-state index contributed by atoms with van der Waals surface area (Å²) in [6.45, 7) is 0. The van der Waals surface area contributed by atoms with Crippen LogP contribution in [0.3, 0.4) is 0 Å². The molecule has 6 nitrogen and oxygen atoms in total. The van der Waals surface area contributed by atoms with Gasteiger partial charge in [0.15, 0.2) is 0 Å². The molecule has 2 aromatic heterocycles. The summed E-state index contributed by atoms with van der Waals surface area (Å²) in [6, 6.07) is 23.1. The molecule has 3 aromatic carbocycles. The Labute approximate surface area is 172 Å². The van der Waals surface area contributed by atoms with Crippen LogP contribution in [-0.4, -0.2) is 24.2 Å². The van der Waals surface area contributed by atoms with Crippen molar-refractivity contribution in [2.45, 2.75) is 0 Å². The zero-order chi connectivity index (χ0) is 20.5. The molecular weight excluding hydrogens is 378 g/mol. The maximum absolute atomic E-state index is 6.21. The predicted molar refractivity (Wildman–Crippen MR) is 116 cm³/mol. The Morgan fingerprint density at radius 1 is 0.900 bits per heavy atom. The maximum atomic E-state index is 6.21. The molecule has 0 radical (unpaired) electrons. The number of hydrogen-bond donors (Lipinski definition) is 1. The van der Waals surface area contributed by atoms with E-state index in [0.717, 1.165) is 27.7 Å². The molecular formula is C24H19N3O3. The Morgan fingerprint density at radius 2 is 1.73 bits per heavy atom. The van der Waals surface area contributed by atoms with E-state index in [1.54, 1.807) is 14.2 Å². The number of fused-ring (bicyclic) bond motifs is 2. The van der Waals surface area contributed by atoms with E-state index >= 15 is 0 Å². The molecule has 0 aliphatic heterocycles. The van der Waals surface area contributed by atoms with Gasteiger partial charge in [-0.1, -0.05) is 24.3 Å². The fourth-order valence-corrected chi connectivity index (χ4v) is 3.40. The van der Waals surface area contributed by atoms with Gasteiger partial charge in [0.1, 0.15) is 28.6 Å². The monoisotopic (exact) mass is 397 g/mol. The van der Waals surface area contributed by atoms with E-state index in [9.17, 15) is 0 Å². The number of benzene rings is 3. The lowest BCUT2D eigenvalue weighted by Crippen LogP contribution is -2.06. The summed E-state index contributed by atoms with van der Waals surface area (Å²) >= 11 is 0. The van der Waals surface area contributed by atoms with Crippen LogP contribution in [0.15, 0.2) is 82.2 Å². The minimum Gasteiger partial charge on any atom is -0.497 e. The largest absolute Gasteiger partial charge is 0.497 e. The average Bonchev–Trinajstić information content (AvgIpc) is 3.23. The number of nitrogens with zero attached hydrogens (tertiary/aromatic N) is 2. The van der Waals surface area contributed by atoms with Crippen LogP contribution in [0.4, 0.5) is 5.69 Å². The SMILES string of the molecule is COc1ccc2oc(=Nc3ccccc3OC)c(-c3nc4ccccc4[nH]3)cc2c1. The van der Waals surface area contributed by atoms with Crippen molar-refractivity contribution < 1.29 is 13.9 Å². The molecule has 2 heterocycles. The highest BCUT2D eigenvalue weighted by Crippen LogP contribution is 2.28. The van der Waals surface area contributed by atoms with E-state index in [0.29, 0.717) is 28.4 Å². The summed E-state index contributed by atoms with van der Waals surface area (Å²) in [7, 11) is 3.27. The highest BCUT2D eigenvalue weighted by atomic mass is 16.5. The summed E-state index contributed by atoms with van der Waals surface area (Å²) < 4.78 is 17.0. The van der Waals surface area contributed by atoms with Crippen LogP contribution in [0.25, 0.3) is 33.4 Å². The number of rotatable bonds is 4. The van der Waals surface area contributed by atoms with Crippen molar-refractivity contribution in [2.75, 3.05) is 14.2 Å². The van der Waals surface area contributed by atoms with Crippen LogP contribution in [0.2, 0.25) is 0 Å². The molecule has 0 aliphatic carbocycles. The quantitative estimate of drug-likeness (QED) is 0.451. The van der Waals surface area contributed by atoms with Crippen LogP contribution < -0.4 is 15.0 Å². The van der Waals surface area contributed by atoms with Gasteiger partial charge in [0.25, 0.3) is 0 Å². The summed E-state index contributed by atoms with van der Waals surface area (Å²) in [5, 5.41) is 0.892. The molecule has 0 amide bonds. The number of aromatic nitrogens is 2. The van der Waals surface area contributed by atoms with Crippen LogP contribution >= 0.6 is 0 Å².